The van der Waals surface area contributed by atoms with Crippen molar-refractivity contribution in [2.24, 2.45) is 0 Å². The van der Waals surface area contributed by atoms with Gasteiger partial charge in [0.15, 0.2) is 0 Å². The van der Waals surface area contributed by atoms with Crippen LogP contribution in [0.2, 0.25) is 0 Å². The summed E-state index contributed by atoms with van der Waals surface area (Å²) in [5, 5.41) is 4.08. The minimum Gasteiger partial charge on any atom is -0.398 e. The van der Waals surface area contributed by atoms with E-state index < -0.39 is 0 Å². The first kappa shape index (κ1) is 10.0. The van der Waals surface area contributed by atoms with E-state index in [-0.39, 0.29) is 24.0 Å². The molecule has 12 heavy (non-hydrogen) atoms. The molecular formula is C8H8INS2. The van der Waals surface area contributed by atoms with Crippen molar-refractivity contribution >= 4 is 52.3 Å². The van der Waals surface area contributed by atoms with Gasteiger partial charge in [0.25, 0.3) is 0 Å². The van der Waals surface area contributed by atoms with E-state index in [9.17, 15) is 0 Å². The van der Waals surface area contributed by atoms with Gasteiger partial charge in [0.2, 0.25) is 0 Å². The lowest BCUT2D eigenvalue weighted by Crippen LogP contribution is -1.80. The zero-order chi connectivity index (χ0) is 7.68. The molecule has 2 N–H and O–H groups in total. The topological polar surface area (TPSA) is 26.0 Å². The van der Waals surface area contributed by atoms with Gasteiger partial charge < -0.3 is 5.73 Å². The minimum atomic E-state index is 0. The maximum absolute atomic E-state index is 5.75. The van der Waals surface area contributed by atoms with E-state index in [0.29, 0.717) is 0 Å². The number of nitrogens with two attached hydrogens (primary N) is 1. The van der Waals surface area contributed by atoms with Crippen LogP contribution in [0.1, 0.15) is 0 Å². The molecule has 0 saturated heterocycles. The maximum Gasteiger partial charge on any atom is 0.0671 e. The lowest BCUT2D eigenvalue weighted by Gasteiger charge is -1.91. The highest BCUT2D eigenvalue weighted by Gasteiger charge is 2.03. The summed E-state index contributed by atoms with van der Waals surface area (Å²) in [6, 6.07) is 6.08. The van der Waals surface area contributed by atoms with Crippen molar-refractivity contribution in [1.29, 1.82) is 0 Å². The molecule has 0 fully saturated rings. The van der Waals surface area contributed by atoms with Gasteiger partial charge in [-0.25, -0.2) is 0 Å². The highest BCUT2D eigenvalue weighted by atomic mass is 127. The third kappa shape index (κ3) is 1.81. The van der Waals surface area contributed by atoms with Crippen LogP contribution >= 0.6 is 46.7 Å². The van der Waals surface area contributed by atoms with Crippen LogP contribution in [0.5, 0.6) is 0 Å². The Morgan fingerprint density at radius 3 is 2.42 bits per heavy atom. The zero-order valence-electron chi connectivity index (χ0n) is 6.19. The van der Waals surface area contributed by atoms with Crippen molar-refractivity contribution in [1.82, 2.24) is 0 Å². The third-order valence-electron chi connectivity index (χ3n) is 1.44. The zero-order valence-corrected chi connectivity index (χ0v) is 10.2. The van der Waals surface area contributed by atoms with E-state index >= 15 is 0 Å². The highest BCUT2D eigenvalue weighted by molar-refractivity contribution is 14.0. The summed E-state index contributed by atoms with van der Waals surface area (Å²) in [6.07, 6.45) is 0. The first-order valence-electron chi connectivity index (χ1n) is 3.25. The largest absolute Gasteiger partial charge is 0.398 e. The van der Waals surface area contributed by atoms with Crippen molar-refractivity contribution in [3.05, 3.63) is 29.0 Å². The summed E-state index contributed by atoms with van der Waals surface area (Å²) in [7, 11) is 0. The van der Waals surface area contributed by atoms with Crippen LogP contribution in [0.15, 0.2) is 29.0 Å². The molecule has 1 nitrogen and oxygen atoms in total. The fourth-order valence-corrected chi connectivity index (χ4v) is 2.64. The Morgan fingerprint density at radius 2 is 1.92 bits per heavy atom. The third-order valence-corrected chi connectivity index (χ3v) is 3.42. The standard InChI is InChI=1S/C8H7NS2.HI/c9-6-3-5-11-8(6)7-2-1-4-10-7;/h1-5H,9H2;1H. The Morgan fingerprint density at radius 1 is 1.08 bits per heavy atom. The molecule has 64 valence electrons. The number of anilines is 1. The van der Waals surface area contributed by atoms with Gasteiger partial charge in [-0.15, -0.1) is 46.7 Å². The Kier molecular flexibility index (Phi) is 3.54. The molecule has 0 aliphatic heterocycles. The molecule has 0 amide bonds. The smallest absolute Gasteiger partial charge is 0.0671 e. The van der Waals surface area contributed by atoms with E-state index in [0.717, 1.165) is 5.69 Å². The fourth-order valence-electron chi connectivity index (χ4n) is 0.927. The van der Waals surface area contributed by atoms with E-state index in [4.69, 9.17) is 5.73 Å². The molecule has 4 heteroatoms. The van der Waals surface area contributed by atoms with Gasteiger partial charge in [-0.2, -0.15) is 0 Å². The predicted octanol–water partition coefficient (Wildman–Crippen LogP) is 3.68. The molecule has 0 aliphatic rings. The minimum absolute atomic E-state index is 0. The van der Waals surface area contributed by atoms with Gasteiger partial charge in [0, 0.05) is 4.88 Å². The fraction of sp³-hybridized carbons (Fsp3) is 0. The van der Waals surface area contributed by atoms with Gasteiger partial charge in [0.05, 0.1) is 10.6 Å². The molecule has 0 saturated carbocycles. The van der Waals surface area contributed by atoms with E-state index in [2.05, 4.69) is 11.4 Å². The van der Waals surface area contributed by atoms with Crippen LogP contribution in [0.4, 0.5) is 5.69 Å². The first-order valence-corrected chi connectivity index (χ1v) is 5.00. The number of thiophene rings is 2. The summed E-state index contributed by atoms with van der Waals surface area (Å²) in [5.41, 5.74) is 6.64. The average molecular weight is 309 g/mol. The number of hydrogen-bond donors (Lipinski definition) is 1. The average Bonchev–Trinajstić information content (AvgIpc) is 2.55. The van der Waals surface area contributed by atoms with E-state index in [1.54, 1.807) is 22.7 Å². The maximum atomic E-state index is 5.75. The Bertz CT molecular complexity index is 340. The van der Waals surface area contributed by atoms with E-state index in [1.165, 1.54) is 9.75 Å². The molecule has 0 atom stereocenters. The molecule has 0 aromatic carbocycles. The van der Waals surface area contributed by atoms with Gasteiger partial charge >= 0.3 is 0 Å². The number of hydrogen-bond acceptors (Lipinski definition) is 3. The Hall–Kier alpha value is -0.0700. The molecule has 2 heterocycles. The van der Waals surface area contributed by atoms with Crippen molar-refractivity contribution < 1.29 is 0 Å². The summed E-state index contributed by atoms with van der Waals surface area (Å²) in [5.74, 6) is 0. The number of halogens is 1. The Labute approximate surface area is 96.3 Å². The highest BCUT2D eigenvalue weighted by Crippen LogP contribution is 2.34. The lowest BCUT2D eigenvalue weighted by atomic mass is 10.3. The second kappa shape index (κ2) is 4.25. The second-order valence-electron chi connectivity index (χ2n) is 2.18. The monoisotopic (exact) mass is 309 g/mol. The van der Waals surface area contributed by atoms with Crippen LogP contribution in [-0.2, 0) is 0 Å². The van der Waals surface area contributed by atoms with Gasteiger partial charge in [-0.3, -0.25) is 0 Å². The van der Waals surface area contributed by atoms with Gasteiger partial charge in [-0.05, 0) is 22.9 Å². The van der Waals surface area contributed by atoms with Crippen LogP contribution in [-0.4, -0.2) is 0 Å². The number of nitrogen functional groups attached to an aromatic ring is 1. The molecule has 0 spiro atoms. The van der Waals surface area contributed by atoms with Crippen LogP contribution in [0, 0.1) is 0 Å². The molecule has 2 aromatic heterocycles. The molecule has 0 radical (unpaired) electrons. The molecule has 0 aliphatic carbocycles. The quantitative estimate of drug-likeness (QED) is 0.799. The summed E-state index contributed by atoms with van der Waals surface area (Å²) in [6.45, 7) is 0. The first-order chi connectivity index (χ1) is 5.38. The van der Waals surface area contributed by atoms with Crippen molar-refractivity contribution in [3.63, 3.8) is 0 Å². The summed E-state index contributed by atoms with van der Waals surface area (Å²) >= 11 is 3.42. The second-order valence-corrected chi connectivity index (χ2v) is 4.05. The van der Waals surface area contributed by atoms with E-state index in [1.807, 2.05) is 17.5 Å². The van der Waals surface area contributed by atoms with Gasteiger partial charge in [-0.1, -0.05) is 6.07 Å². The van der Waals surface area contributed by atoms with Crippen LogP contribution in [0.25, 0.3) is 9.75 Å². The summed E-state index contributed by atoms with van der Waals surface area (Å²) < 4.78 is 0. The van der Waals surface area contributed by atoms with Crippen LogP contribution < -0.4 is 5.73 Å². The van der Waals surface area contributed by atoms with Gasteiger partial charge in [0.1, 0.15) is 0 Å². The normalized spacial score (nSPS) is 9.33. The van der Waals surface area contributed by atoms with Crippen molar-refractivity contribution in [2.75, 3.05) is 5.73 Å². The number of rotatable bonds is 1. The molecule has 2 aromatic rings. The molecule has 2 rings (SSSR count). The predicted molar refractivity (Wildman–Crippen MR) is 67.5 cm³/mol. The Balaban J connectivity index is 0.000000720. The molecule has 0 bridgehead atoms. The summed E-state index contributed by atoms with van der Waals surface area (Å²) in [4.78, 5) is 2.46. The van der Waals surface area contributed by atoms with Crippen molar-refractivity contribution in [2.45, 2.75) is 0 Å². The molecule has 0 unspecified atom stereocenters. The van der Waals surface area contributed by atoms with Crippen molar-refractivity contribution in [3.8, 4) is 9.75 Å². The van der Waals surface area contributed by atoms with Crippen LogP contribution in [0.3, 0.4) is 0 Å². The SMILES string of the molecule is I.Nc1ccsc1-c1cccs1. The molecular weight excluding hydrogens is 301 g/mol. The lowest BCUT2D eigenvalue weighted by molar-refractivity contribution is 1.85.